The standard InChI is InChI=1S/C25H21N3/c26-18-25(19-8-2-1-3-9-19)14-16-28(17-15-25)24-20-10-4-6-12-22(20)27-23-13-7-5-11-21(23)24/h1-13H,14-17H2. The molecule has 1 fully saturated rings. The summed E-state index contributed by atoms with van der Waals surface area (Å²) in [5.74, 6) is 0. The van der Waals surface area contributed by atoms with Gasteiger partial charge in [0.1, 0.15) is 0 Å². The van der Waals surface area contributed by atoms with Crippen LogP contribution < -0.4 is 4.90 Å². The number of hydrogen-bond acceptors (Lipinski definition) is 3. The molecule has 1 saturated heterocycles. The third-order valence-electron chi connectivity index (χ3n) is 6.03. The molecule has 0 bridgehead atoms. The van der Waals surface area contributed by atoms with Gasteiger partial charge in [-0.2, -0.15) is 5.26 Å². The van der Waals surface area contributed by atoms with Crippen LogP contribution in [-0.4, -0.2) is 18.1 Å². The molecular weight excluding hydrogens is 342 g/mol. The van der Waals surface area contributed by atoms with Crippen molar-refractivity contribution in [2.24, 2.45) is 0 Å². The first-order valence-electron chi connectivity index (χ1n) is 9.80. The molecule has 2 heterocycles. The molecule has 0 aliphatic carbocycles. The van der Waals surface area contributed by atoms with Crippen LogP contribution in [0.5, 0.6) is 0 Å². The third kappa shape index (κ3) is 2.61. The summed E-state index contributed by atoms with van der Waals surface area (Å²) in [5, 5.41) is 12.4. The number of aromatic nitrogens is 1. The molecule has 3 heteroatoms. The van der Waals surface area contributed by atoms with Crippen LogP contribution in [0.3, 0.4) is 0 Å². The molecule has 0 radical (unpaired) electrons. The molecule has 4 aromatic rings. The summed E-state index contributed by atoms with van der Waals surface area (Å²) in [7, 11) is 0. The molecule has 5 rings (SSSR count). The van der Waals surface area contributed by atoms with Gasteiger partial charge in [-0.3, -0.25) is 0 Å². The number of fused-ring (bicyclic) bond motifs is 2. The predicted octanol–water partition coefficient (Wildman–Crippen LogP) is 5.45. The fourth-order valence-corrected chi connectivity index (χ4v) is 4.49. The van der Waals surface area contributed by atoms with E-state index >= 15 is 0 Å². The second-order valence-electron chi connectivity index (χ2n) is 7.54. The molecule has 1 aliphatic rings. The molecule has 0 N–H and O–H groups in total. The molecule has 0 atom stereocenters. The number of benzene rings is 3. The first-order valence-corrected chi connectivity index (χ1v) is 9.80. The molecule has 0 spiro atoms. The summed E-state index contributed by atoms with van der Waals surface area (Å²) in [4.78, 5) is 7.30. The van der Waals surface area contributed by atoms with E-state index in [-0.39, 0.29) is 0 Å². The lowest BCUT2D eigenvalue weighted by atomic mass is 9.74. The second-order valence-corrected chi connectivity index (χ2v) is 7.54. The highest BCUT2D eigenvalue weighted by atomic mass is 15.1. The summed E-state index contributed by atoms with van der Waals surface area (Å²) < 4.78 is 0. The first kappa shape index (κ1) is 16.8. The van der Waals surface area contributed by atoms with Crippen LogP contribution >= 0.6 is 0 Å². The zero-order valence-electron chi connectivity index (χ0n) is 15.7. The molecule has 0 unspecified atom stereocenters. The molecule has 1 aliphatic heterocycles. The van der Waals surface area contributed by atoms with Crippen LogP contribution in [0, 0.1) is 11.3 Å². The fourth-order valence-electron chi connectivity index (χ4n) is 4.49. The smallest absolute Gasteiger partial charge is 0.0855 e. The SMILES string of the molecule is N#CC1(c2ccccc2)CCN(c2c3ccccc3nc3ccccc23)CC1. The Hall–Kier alpha value is -3.38. The lowest BCUT2D eigenvalue weighted by molar-refractivity contribution is 0.416. The molecule has 3 nitrogen and oxygen atoms in total. The number of nitriles is 1. The van der Waals surface area contributed by atoms with Gasteiger partial charge in [0.25, 0.3) is 0 Å². The van der Waals surface area contributed by atoms with Crippen molar-refractivity contribution in [2.45, 2.75) is 18.3 Å². The number of pyridine rings is 1. The summed E-state index contributed by atoms with van der Waals surface area (Å²) in [6.45, 7) is 1.72. The van der Waals surface area contributed by atoms with Crippen LogP contribution in [0.4, 0.5) is 5.69 Å². The normalized spacial score (nSPS) is 16.2. The van der Waals surface area contributed by atoms with E-state index in [2.05, 4.69) is 59.5 Å². The Morgan fingerprint density at radius 3 is 1.86 bits per heavy atom. The second kappa shape index (κ2) is 6.65. The molecule has 1 aromatic heterocycles. The Morgan fingerprint density at radius 2 is 1.29 bits per heavy atom. The van der Waals surface area contributed by atoms with Gasteiger partial charge in [-0.25, -0.2) is 4.98 Å². The predicted molar refractivity (Wildman–Crippen MR) is 114 cm³/mol. The van der Waals surface area contributed by atoms with Crippen molar-refractivity contribution in [3.63, 3.8) is 0 Å². The number of nitrogens with zero attached hydrogens (tertiary/aromatic N) is 3. The number of piperidine rings is 1. The number of hydrogen-bond donors (Lipinski definition) is 0. The average molecular weight is 363 g/mol. The van der Waals surface area contributed by atoms with Crippen molar-refractivity contribution < 1.29 is 0 Å². The maximum atomic E-state index is 10.0. The van der Waals surface area contributed by atoms with Gasteiger partial charge in [-0.05, 0) is 30.5 Å². The van der Waals surface area contributed by atoms with E-state index in [4.69, 9.17) is 4.98 Å². The molecule has 0 saturated carbocycles. The van der Waals surface area contributed by atoms with Gasteiger partial charge in [0.2, 0.25) is 0 Å². The molecule has 0 amide bonds. The molecule has 28 heavy (non-hydrogen) atoms. The topological polar surface area (TPSA) is 39.9 Å². The highest BCUT2D eigenvalue weighted by Gasteiger charge is 2.37. The fraction of sp³-hybridized carbons (Fsp3) is 0.200. The summed E-state index contributed by atoms with van der Waals surface area (Å²) in [5.41, 5.74) is 4.05. The zero-order chi connectivity index (χ0) is 19.0. The average Bonchev–Trinajstić information content (AvgIpc) is 2.78. The van der Waals surface area contributed by atoms with E-state index < -0.39 is 5.41 Å². The van der Waals surface area contributed by atoms with Gasteiger partial charge < -0.3 is 4.90 Å². The van der Waals surface area contributed by atoms with Crippen LogP contribution in [-0.2, 0) is 5.41 Å². The Labute approximate surface area is 164 Å². The molecule has 136 valence electrons. The monoisotopic (exact) mass is 363 g/mol. The van der Waals surface area contributed by atoms with Crippen LogP contribution in [0.2, 0.25) is 0 Å². The molecular formula is C25H21N3. The van der Waals surface area contributed by atoms with Crippen molar-refractivity contribution in [1.82, 2.24) is 4.98 Å². The Balaban J connectivity index is 1.58. The van der Waals surface area contributed by atoms with E-state index in [0.717, 1.165) is 42.5 Å². The number of rotatable bonds is 2. The number of anilines is 1. The van der Waals surface area contributed by atoms with E-state index in [1.807, 2.05) is 30.3 Å². The maximum absolute atomic E-state index is 10.0. The third-order valence-corrected chi connectivity index (χ3v) is 6.03. The highest BCUT2D eigenvalue weighted by molar-refractivity contribution is 6.07. The van der Waals surface area contributed by atoms with E-state index in [0.29, 0.717) is 0 Å². The molecule has 3 aromatic carbocycles. The largest absolute Gasteiger partial charge is 0.370 e. The van der Waals surface area contributed by atoms with E-state index in [9.17, 15) is 5.26 Å². The highest BCUT2D eigenvalue weighted by Crippen LogP contribution is 2.40. The zero-order valence-corrected chi connectivity index (χ0v) is 15.7. The maximum Gasteiger partial charge on any atom is 0.0855 e. The minimum Gasteiger partial charge on any atom is -0.370 e. The lowest BCUT2D eigenvalue weighted by Crippen LogP contribution is -2.42. The van der Waals surface area contributed by atoms with Crippen molar-refractivity contribution in [3.05, 3.63) is 84.4 Å². The van der Waals surface area contributed by atoms with E-state index in [1.54, 1.807) is 0 Å². The van der Waals surface area contributed by atoms with E-state index in [1.165, 1.54) is 16.5 Å². The van der Waals surface area contributed by atoms with Gasteiger partial charge >= 0.3 is 0 Å². The van der Waals surface area contributed by atoms with Gasteiger partial charge in [0.15, 0.2) is 0 Å². The quantitative estimate of drug-likeness (QED) is 0.445. The summed E-state index contributed by atoms with van der Waals surface area (Å²) in [6, 6.07) is 29.6. The number of para-hydroxylation sites is 2. The van der Waals surface area contributed by atoms with Gasteiger partial charge in [0.05, 0.1) is 28.2 Å². The van der Waals surface area contributed by atoms with Crippen molar-refractivity contribution in [2.75, 3.05) is 18.0 Å². The Kier molecular flexibility index (Phi) is 3.98. The van der Waals surface area contributed by atoms with Crippen molar-refractivity contribution in [3.8, 4) is 6.07 Å². The Bertz CT molecular complexity index is 1130. The van der Waals surface area contributed by atoms with Crippen LogP contribution in [0.25, 0.3) is 21.8 Å². The minimum atomic E-state index is -0.392. The minimum absolute atomic E-state index is 0.392. The summed E-state index contributed by atoms with van der Waals surface area (Å²) >= 11 is 0. The van der Waals surface area contributed by atoms with Crippen molar-refractivity contribution >= 4 is 27.5 Å². The van der Waals surface area contributed by atoms with Gasteiger partial charge in [-0.15, -0.1) is 0 Å². The van der Waals surface area contributed by atoms with Crippen LogP contribution in [0.1, 0.15) is 18.4 Å². The Morgan fingerprint density at radius 1 is 0.750 bits per heavy atom. The lowest BCUT2D eigenvalue weighted by Gasteiger charge is -2.39. The van der Waals surface area contributed by atoms with Gasteiger partial charge in [-0.1, -0.05) is 66.7 Å². The summed E-state index contributed by atoms with van der Waals surface area (Å²) in [6.07, 6.45) is 1.66. The first-order chi connectivity index (χ1) is 13.8. The van der Waals surface area contributed by atoms with Crippen LogP contribution in [0.15, 0.2) is 78.9 Å². The van der Waals surface area contributed by atoms with Gasteiger partial charge in [0, 0.05) is 23.9 Å². The van der Waals surface area contributed by atoms with Crippen molar-refractivity contribution in [1.29, 1.82) is 5.26 Å².